The minimum absolute atomic E-state index is 0.00673. The molecule has 0 bridgehead atoms. The van der Waals surface area contributed by atoms with Crippen LogP contribution in [0, 0.1) is 5.92 Å². The van der Waals surface area contributed by atoms with Gasteiger partial charge in [-0.05, 0) is 12.8 Å². The van der Waals surface area contributed by atoms with Crippen LogP contribution in [-0.2, 0) is 9.53 Å². The fourth-order valence-electron chi connectivity index (χ4n) is 2.41. The van der Waals surface area contributed by atoms with Gasteiger partial charge < -0.3 is 15.4 Å². The van der Waals surface area contributed by atoms with Gasteiger partial charge in [-0.15, -0.1) is 0 Å². The molecule has 1 aliphatic carbocycles. The maximum Gasteiger partial charge on any atom is 0.248 e. The summed E-state index contributed by atoms with van der Waals surface area (Å²) in [5.74, 6) is -2.95. The second-order valence-corrected chi connectivity index (χ2v) is 5.07. The standard InChI is InChI=1S/C12H20F2N2O2/c13-12(14)3-1-9(2-4-12)11(17)16-8-10-7-15-5-6-18-10/h9-10,15H,1-8H2,(H,16,17). The van der Waals surface area contributed by atoms with E-state index >= 15 is 0 Å². The predicted molar refractivity (Wildman–Crippen MR) is 62.5 cm³/mol. The smallest absolute Gasteiger partial charge is 0.248 e. The Morgan fingerprint density at radius 3 is 2.72 bits per heavy atom. The summed E-state index contributed by atoms with van der Waals surface area (Å²) < 4.78 is 31.4. The molecule has 2 N–H and O–H groups in total. The molecule has 0 aromatic rings. The van der Waals surface area contributed by atoms with Gasteiger partial charge in [0, 0.05) is 38.4 Å². The van der Waals surface area contributed by atoms with Crippen LogP contribution in [0.1, 0.15) is 25.7 Å². The zero-order chi connectivity index (χ0) is 13.0. The lowest BCUT2D eigenvalue weighted by molar-refractivity contribution is -0.129. The second kappa shape index (κ2) is 5.93. The Labute approximate surface area is 105 Å². The number of hydrogen-bond donors (Lipinski definition) is 2. The van der Waals surface area contributed by atoms with Crippen LogP contribution in [0.25, 0.3) is 0 Å². The van der Waals surface area contributed by atoms with Crippen molar-refractivity contribution in [3.63, 3.8) is 0 Å². The monoisotopic (exact) mass is 262 g/mol. The Bertz CT molecular complexity index is 284. The molecule has 2 aliphatic rings. The number of morpholine rings is 1. The summed E-state index contributed by atoms with van der Waals surface area (Å²) in [7, 11) is 0. The number of amides is 1. The first-order chi connectivity index (χ1) is 8.57. The number of carbonyl (C=O) groups is 1. The Hall–Kier alpha value is -0.750. The van der Waals surface area contributed by atoms with Gasteiger partial charge in [0.25, 0.3) is 0 Å². The van der Waals surface area contributed by atoms with Crippen molar-refractivity contribution in [2.24, 2.45) is 5.92 Å². The Kier molecular flexibility index (Phi) is 4.50. The lowest BCUT2D eigenvalue weighted by atomic mass is 9.86. The van der Waals surface area contributed by atoms with Gasteiger partial charge in [0.2, 0.25) is 11.8 Å². The molecule has 18 heavy (non-hydrogen) atoms. The third-order valence-electron chi connectivity index (χ3n) is 3.60. The number of rotatable bonds is 3. The number of carbonyl (C=O) groups excluding carboxylic acids is 1. The first-order valence-corrected chi connectivity index (χ1v) is 6.55. The SMILES string of the molecule is O=C(NCC1CNCCO1)C1CCC(F)(F)CC1. The van der Waals surface area contributed by atoms with E-state index in [1.165, 1.54) is 0 Å². The molecule has 0 spiro atoms. The zero-order valence-corrected chi connectivity index (χ0v) is 10.4. The summed E-state index contributed by atoms with van der Waals surface area (Å²) in [6.07, 6.45) is 0.206. The van der Waals surface area contributed by atoms with E-state index < -0.39 is 5.92 Å². The van der Waals surface area contributed by atoms with Gasteiger partial charge >= 0.3 is 0 Å². The highest BCUT2D eigenvalue weighted by Gasteiger charge is 2.37. The van der Waals surface area contributed by atoms with Crippen molar-refractivity contribution in [1.82, 2.24) is 10.6 Å². The molecule has 1 unspecified atom stereocenters. The van der Waals surface area contributed by atoms with E-state index in [1.54, 1.807) is 0 Å². The molecule has 0 aromatic heterocycles. The van der Waals surface area contributed by atoms with Crippen LogP contribution >= 0.6 is 0 Å². The molecule has 1 saturated carbocycles. The molecule has 1 saturated heterocycles. The largest absolute Gasteiger partial charge is 0.374 e. The third-order valence-corrected chi connectivity index (χ3v) is 3.60. The van der Waals surface area contributed by atoms with E-state index in [0.717, 1.165) is 13.1 Å². The average molecular weight is 262 g/mol. The molecule has 0 aromatic carbocycles. The van der Waals surface area contributed by atoms with Gasteiger partial charge in [-0.1, -0.05) is 0 Å². The van der Waals surface area contributed by atoms with Crippen LogP contribution in [0.5, 0.6) is 0 Å². The van der Waals surface area contributed by atoms with Crippen molar-refractivity contribution >= 4 is 5.91 Å². The fraction of sp³-hybridized carbons (Fsp3) is 0.917. The normalized spacial score (nSPS) is 28.9. The maximum absolute atomic E-state index is 13.0. The number of hydrogen-bond acceptors (Lipinski definition) is 3. The first kappa shape index (κ1) is 13.7. The Morgan fingerprint density at radius 2 is 2.11 bits per heavy atom. The highest BCUT2D eigenvalue weighted by Crippen LogP contribution is 2.36. The average Bonchev–Trinajstić information content (AvgIpc) is 2.37. The molecule has 0 radical (unpaired) electrons. The quantitative estimate of drug-likeness (QED) is 0.795. The highest BCUT2D eigenvalue weighted by atomic mass is 19.3. The number of ether oxygens (including phenoxy) is 1. The molecule has 2 rings (SSSR count). The third kappa shape index (κ3) is 3.88. The van der Waals surface area contributed by atoms with Crippen LogP contribution in [0.15, 0.2) is 0 Å². The number of halogens is 2. The van der Waals surface area contributed by atoms with E-state index in [0.29, 0.717) is 13.2 Å². The number of nitrogens with one attached hydrogen (secondary N) is 2. The summed E-state index contributed by atoms with van der Waals surface area (Å²) in [5, 5.41) is 5.97. The van der Waals surface area contributed by atoms with Gasteiger partial charge in [0.05, 0.1) is 12.7 Å². The number of alkyl halides is 2. The molecule has 104 valence electrons. The molecule has 1 atom stereocenters. The summed E-state index contributed by atoms with van der Waals surface area (Å²) in [6.45, 7) is 2.67. The summed E-state index contributed by atoms with van der Waals surface area (Å²) in [6, 6.07) is 0. The van der Waals surface area contributed by atoms with Crippen LogP contribution in [0.4, 0.5) is 8.78 Å². The van der Waals surface area contributed by atoms with Crippen molar-refractivity contribution in [2.45, 2.75) is 37.7 Å². The summed E-state index contributed by atoms with van der Waals surface area (Å²) in [4.78, 5) is 11.8. The van der Waals surface area contributed by atoms with E-state index in [2.05, 4.69) is 10.6 Å². The fourth-order valence-corrected chi connectivity index (χ4v) is 2.41. The maximum atomic E-state index is 13.0. The van der Waals surface area contributed by atoms with E-state index in [1.807, 2.05) is 0 Å². The van der Waals surface area contributed by atoms with E-state index in [9.17, 15) is 13.6 Å². The molecular weight excluding hydrogens is 242 g/mol. The van der Waals surface area contributed by atoms with Gasteiger partial charge in [0.1, 0.15) is 0 Å². The minimum atomic E-state index is -2.58. The predicted octanol–water partition coefficient (Wildman–Crippen LogP) is 0.916. The lowest BCUT2D eigenvalue weighted by Crippen LogP contribution is -2.46. The van der Waals surface area contributed by atoms with Gasteiger partial charge in [-0.25, -0.2) is 8.78 Å². The summed E-state index contributed by atoms with van der Waals surface area (Å²) >= 11 is 0. The van der Waals surface area contributed by atoms with E-state index in [4.69, 9.17) is 4.74 Å². The molecule has 1 aliphatic heterocycles. The highest BCUT2D eigenvalue weighted by molar-refractivity contribution is 5.78. The molecular formula is C12H20F2N2O2. The van der Waals surface area contributed by atoms with E-state index in [-0.39, 0.29) is 43.6 Å². The lowest BCUT2D eigenvalue weighted by Gasteiger charge is -2.28. The van der Waals surface area contributed by atoms with Crippen LogP contribution in [0.2, 0.25) is 0 Å². The Balaban J connectivity index is 1.68. The van der Waals surface area contributed by atoms with Crippen molar-refractivity contribution in [3.05, 3.63) is 0 Å². The Morgan fingerprint density at radius 1 is 1.39 bits per heavy atom. The zero-order valence-electron chi connectivity index (χ0n) is 10.4. The van der Waals surface area contributed by atoms with Crippen LogP contribution in [-0.4, -0.2) is 44.2 Å². The van der Waals surface area contributed by atoms with Crippen molar-refractivity contribution in [2.75, 3.05) is 26.2 Å². The van der Waals surface area contributed by atoms with Crippen LogP contribution < -0.4 is 10.6 Å². The van der Waals surface area contributed by atoms with Crippen molar-refractivity contribution in [1.29, 1.82) is 0 Å². The molecule has 4 nitrogen and oxygen atoms in total. The second-order valence-electron chi connectivity index (χ2n) is 5.07. The van der Waals surface area contributed by atoms with Gasteiger partial charge in [0.15, 0.2) is 0 Å². The topological polar surface area (TPSA) is 50.4 Å². The van der Waals surface area contributed by atoms with Crippen LogP contribution in [0.3, 0.4) is 0 Å². The van der Waals surface area contributed by atoms with Gasteiger partial charge in [-0.3, -0.25) is 4.79 Å². The molecule has 6 heteroatoms. The first-order valence-electron chi connectivity index (χ1n) is 6.55. The molecule has 2 fully saturated rings. The van der Waals surface area contributed by atoms with Gasteiger partial charge in [-0.2, -0.15) is 0 Å². The molecule has 1 amide bonds. The molecule has 1 heterocycles. The van der Waals surface area contributed by atoms with Crippen molar-refractivity contribution < 1.29 is 18.3 Å². The summed E-state index contributed by atoms with van der Waals surface area (Å²) in [5.41, 5.74) is 0. The minimum Gasteiger partial charge on any atom is -0.374 e. The van der Waals surface area contributed by atoms with Crippen molar-refractivity contribution in [3.8, 4) is 0 Å².